The van der Waals surface area contributed by atoms with E-state index in [0.717, 1.165) is 12.1 Å². The lowest BCUT2D eigenvalue weighted by Crippen LogP contribution is -2.34. The fourth-order valence-corrected chi connectivity index (χ4v) is 2.04. The van der Waals surface area contributed by atoms with Gasteiger partial charge in [-0.05, 0) is 18.2 Å². The summed E-state index contributed by atoms with van der Waals surface area (Å²) < 4.78 is 48.3. The van der Waals surface area contributed by atoms with Crippen LogP contribution in [-0.2, 0) is 15.7 Å². The van der Waals surface area contributed by atoms with Gasteiger partial charge in [0.1, 0.15) is 0 Å². The normalized spacial score (nSPS) is 13.5. The van der Waals surface area contributed by atoms with Gasteiger partial charge in [-0.15, -0.1) is 0 Å². The van der Waals surface area contributed by atoms with Crippen LogP contribution in [0.25, 0.3) is 0 Å². The molecule has 0 aliphatic carbocycles. The molecule has 0 saturated heterocycles. The highest BCUT2D eigenvalue weighted by atomic mass is 35.5. The number of benzene rings is 1. The molecule has 0 heterocycles. The van der Waals surface area contributed by atoms with Gasteiger partial charge in [0.2, 0.25) is 0 Å². The standard InChI is InChI=1S/C13H18ClF3N2O2/c1-20-12(21-2)6-11(7-18)19-10-4-8(13(15,16)17)3-9(14)5-10/h3-5,11-12,19H,6-7,18H2,1-2H3. The third kappa shape index (κ3) is 5.70. The molecule has 0 radical (unpaired) electrons. The fourth-order valence-electron chi connectivity index (χ4n) is 1.81. The first-order valence-electron chi connectivity index (χ1n) is 6.20. The number of nitrogens with two attached hydrogens (primary N) is 1. The molecule has 1 aromatic rings. The molecule has 0 saturated carbocycles. The highest BCUT2D eigenvalue weighted by Gasteiger charge is 2.31. The quantitative estimate of drug-likeness (QED) is 0.756. The molecular weight excluding hydrogens is 309 g/mol. The van der Waals surface area contributed by atoms with Crippen LogP contribution in [0.5, 0.6) is 0 Å². The Hall–Kier alpha value is -1.02. The topological polar surface area (TPSA) is 56.5 Å². The number of anilines is 1. The number of ether oxygens (including phenoxy) is 2. The minimum absolute atomic E-state index is 0.00173. The van der Waals surface area contributed by atoms with Gasteiger partial charge in [0.25, 0.3) is 0 Å². The average Bonchev–Trinajstić information content (AvgIpc) is 2.41. The average molecular weight is 327 g/mol. The van der Waals surface area contributed by atoms with E-state index in [9.17, 15) is 13.2 Å². The van der Waals surface area contributed by atoms with Crippen molar-refractivity contribution in [3.8, 4) is 0 Å². The molecule has 0 aliphatic rings. The van der Waals surface area contributed by atoms with Gasteiger partial charge < -0.3 is 20.5 Å². The Labute approximate surface area is 126 Å². The maximum absolute atomic E-state index is 12.7. The maximum Gasteiger partial charge on any atom is 0.416 e. The molecule has 1 unspecified atom stereocenters. The highest BCUT2D eigenvalue weighted by Crippen LogP contribution is 2.33. The number of alkyl halides is 3. The van der Waals surface area contributed by atoms with Crippen molar-refractivity contribution in [2.75, 3.05) is 26.1 Å². The van der Waals surface area contributed by atoms with Crippen molar-refractivity contribution >= 4 is 17.3 Å². The predicted octanol–water partition coefficient (Wildman–Crippen LogP) is 3.11. The lowest BCUT2D eigenvalue weighted by Gasteiger charge is -2.23. The Morgan fingerprint density at radius 1 is 1.24 bits per heavy atom. The van der Waals surface area contributed by atoms with Crippen molar-refractivity contribution in [2.45, 2.75) is 24.9 Å². The highest BCUT2D eigenvalue weighted by molar-refractivity contribution is 6.30. The van der Waals surface area contributed by atoms with E-state index in [1.165, 1.54) is 20.3 Å². The molecule has 1 aromatic carbocycles. The zero-order chi connectivity index (χ0) is 16.0. The number of nitrogens with one attached hydrogen (secondary N) is 1. The first-order chi connectivity index (χ1) is 9.79. The monoisotopic (exact) mass is 326 g/mol. The first kappa shape index (κ1) is 18.0. The second-order valence-corrected chi connectivity index (χ2v) is 4.88. The molecule has 21 heavy (non-hydrogen) atoms. The van der Waals surface area contributed by atoms with E-state index in [0.29, 0.717) is 6.42 Å². The van der Waals surface area contributed by atoms with Crippen LogP contribution >= 0.6 is 11.6 Å². The van der Waals surface area contributed by atoms with E-state index in [1.54, 1.807) is 0 Å². The molecule has 0 spiro atoms. The zero-order valence-corrected chi connectivity index (χ0v) is 12.5. The Morgan fingerprint density at radius 3 is 2.33 bits per heavy atom. The molecule has 1 atom stereocenters. The molecule has 1 rings (SSSR count). The van der Waals surface area contributed by atoms with Gasteiger partial charge in [-0.3, -0.25) is 0 Å². The van der Waals surface area contributed by atoms with E-state index >= 15 is 0 Å². The van der Waals surface area contributed by atoms with Crippen LogP contribution in [0.4, 0.5) is 18.9 Å². The third-order valence-corrected chi connectivity index (χ3v) is 3.10. The number of halogens is 4. The minimum Gasteiger partial charge on any atom is -0.381 e. The van der Waals surface area contributed by atoms with Gasteiger partial charge in [-0.25, -0.2) is 0 Å². The summed E-state index contributed by atoms with van der Waals surface area (Å²) in [6.45, 7) is 0.205. The first-order valence-corrected chi connectivity index (χ1v) is 6.58. The predicted molar refractivity (Wildman–Crippen MR) is 75.3 cm³/mol. The summed E-state index contributed by atoms with van der Waals surface area (Å²) in [5.41, 5.74) is 5.04. The van der Waals surface area contributed by atoms with Gasteiger partial charge in [-0.1, -0.05) is 11.6 Å². The van der Waals surface area contributed by atoms with Crippen LogP contribution in [0.1, 0.15) is 12.0 Å². The molecule has 0 amide bonds. The largest absolute Gasteiger partial charge is 0.416 e. The van der Waals surface area contributed by atoms with Crippen molar-refractivity contribution in [3.63, 3.8) is 0 Å². The molecule has 120 valence electrons. The molecule has 8 heteroatoms. The van der Waals surface area contributed by atoms with E-state index in [2.05, 4.69) is 5.32 Å². The number of hydrogen-bond acceptors (Lipinski definition) is 4. The molecule has 0 fully saturated rings. The number of methoxy groups -OCH3 is 2. The number of hydrogen-bond donors (Lipinski definition) is 2. The Morgan fingerprint density at radius 2 is 1.86 bits per heavy atom. The van der Waals surface area contributed by atoms with Crippen LogP contribution < -0.4 is 11.1 Å². The van der Waals surface area contributed by atoms with Gasteiger partial charge in [0.15, 0.2) is 6.29 Å². The van der Waals surface area contributed by atoms with E-state index < -0.39 is 18.0 Å². The van der Waals surface area contributed by atoms with Gasteiger partial charge >= 0.3 is 6.18 Å². The van der Waals surface area contributed by atoms with Crippen molar-refractivity contribution in [1.29, 1.82) is 0 Å². The van der Waals surface area contributed by atoms with Gasteiger partial charge in [-0.2, -0.15) is 13.2 Å². The molecule has 4 nitrogen and oxygen atoms in total. The molecule has 0 aromatic heterocycles. The van der Waals surface area contributed by atoms with E-state index in [-0.39, 0.29) is 23.3 Å². The van der Waals surface area contributed by atoms with E-state index in [1.807, 2.05) is 0 Å². The lowest BCUT2D eigenvalue weighted by atomic mass is 10.1. The van der Waals surface area contributed by atoms with Crippen LogP contribution in [0.3, 0.4) is 0 Å². The third-order valence-electron chi connectivity index (χ3n) is 2.88. The summed E-state index contributed by atoms with van der Waals surface area (Å²) in [6.07, 6.45) is -4.56. The lowest BCUT2D eigenvalue weighted by molar-refractivity contribution is -0.137. The summed E-state index contributed by atoms with van der Waals surface area (Å²) in [5, 5.41) is 2.91. The van der Waals surface area contributed by atoms with Crippen molar-refractivity contribution in [1.82, 2.24) is 0 Å². The Balaban J connectivity index is 2.87. The summed E-state index contributed by atoms with van der Waals surface area (Å²) in [6, 6.07) is 2.96. The van der Waals surface area contributed by atoms with E-state index in [4.69, 9.17) is 26.8 Å². The van der Waals surface area contributed by atoms with Crippen LogP contribution in [0, 0.1) is 0 Å². The summed E-state index contributed by atoms with van der Waals surface area (Å²) in [5.74, 6) is 0. The summed E-state index contributed by atoms with van der Waals surface area (Å²) >= 11 is 5.72. The Bertz CT molecular complexity index is 454. The molecule has 0 bridgehead atoms. The molecule has 0 aliphatic heterocycles. The summed E-state index contributed by atoms with van der Waals surface area (Å²) in [4.78, 5) is 0. The van der Waals surface area contributed by atoms with Crippen molar-refractivity contribution in [3.05, 3.63) is 28.8 Å². The zero-order valence-electron chi connectivity index (χ0n) is 11.7. The second-order valence-electron chi connectivity index (χ2n) is 4.44. The second kappa shape index (κ2) is 7.84. The van der Waals surface area contributed by atoms with Crippen molar-refractivity contribution < 1.29 is 22.6 Å². The van der Waals surface area contributed by atoms with Crippen LogP contribution in [-0.4, -0.2) is 33.1 Å². The maximum atomic E-state index is 12.7. The SMILES string of the molecule is COC(CC(CN)Nc1cc(Cl)cc(C(F)(F)F)c1)OC. The van der Waals surface area contributed by atoms with Crippen LogP contribution in [0.2, 0.25) is 5.02 Å². The van der Waals surface area contributed by atoms with Crippen LogP contribution in [0.15, 0.2) is 18.2 Å². The molecule has 3 N–H and O–H groups in total. The van der Waals surface area contributed by atoms with Gasteiger partial charge in [0.05, 0.1) is 5.56 Å². The fraction of sp³-hybridized carbons (Fsp3) is 0.538. The minimum atomic E-state index is -4.46. The molecular formula is C13H18ClF3N2O2. The van der Waals surface area contributed by atoms with Gasteiger partial charge in [0, 0.05) is 43.9 Å². The Kier molecular flexibility index (Phi) is 6.73. The smallest absolute Gasteiger partial charge is 0.381 e. The van der Waals surface area contributed by atoms with Crippen molar-refractivity contribution in [2.24, 2.45) is 5.73 Å². The summed E-state index contributed by atoms with van der Waals surface area (Å²) in [7, 11) is 2.95. The number of rotatable bonds is 7.